The maximum atomic E-state index is 8.88. The Bertz CT molecular complexity index is 973. The first-order valence-corrected chi connectivity index (χ1v) is 14.8. The number of hydrogen-bond acceptors (Lipinski definition) is 5. The number of fused-ring (bicyclic) bond motifs is 2. The third kappa shape index (κ3) is 10.7. The maximum Gasteiger partial charge on any atom is 0.466 e. The van der Waals surface area contributed by atoms with Crippen LogP contribution in [0.4, 0.5) is 5.69 Å². The number of rotatable bonds is 12. The molecular weight excluding hydrogens is 477 g/mol. The van der Waals surface area contributed by atoms with Crippen molar-refractivity contribution in [3.05, 3.63) is 29.5 Å². The molecule has 2 aromatic rings. The molecule has 0 fully saturated rings. The van der Waals surface area contributed by atoms with Crippen molar-refractivity contribution in [2.75, 3.05) is 38.6 Å². The lowest BCUT2D eigenvalue weighted by molar-refractivity contribution is 0.243. The molecule has 0 spiro atoms. The molecule has 1 aromatic carbocycles. The van der Waals surface area contributed by atoms with Crippen molar-refractivity contribution >= 4 is 24.4 Å². The Balaban J connectivity index is 0.000000830. The number of aromatic nitrogens is 1. The molecule has 0 amide bonds. The molecule has 0 bridgehead atoms. The summed E-state index contributed by atoms with van der Waals surface area (Å²) in [4.78, 5) is 29.2. The molecule has 0 atom stereocenters. The largest absolute Gasteiger partial charge is 0.494 e. The SMILES string of the molecule is COc1cccc2c(NCCCN(CCC(C)C)CCC(C)C)c3c(nc12)CCCC3.O=P(O)(O)O. The molecule has 3 rings (SSSR count). The molecule has 0 saturated heterocycles. The zero-order valence-electron chi connectivity index (χ0n) is 22.7. The van der Waals surface area contributed by atoms with E-state index >= 15 is 0 Å². The number of para-hydroxylation sites is 1. The van der Waals surface area contributed by atoms with Gasteiger partial charge in [0.2, 0.25) is 0 Å². The van der Waals surface area contributed by atoms with Gasteiger partial charge in [0.25, 0.3) is 0 Å². The summed E-state index contributed by atoms with van der Waals surface area (Å²) in [7, 11) is -2.90. The molecule has 1 aromatic heterocycles. The standard InChI is InChI=1S/C27H43N3O.H3O4P/c1-20(2)14-18-30(19-15-21(3)4)17-9-16-28-26-22-10-6-7-12-24(22)29-27-23(26)11-8-13-25(27)31-5;1-5(2,3)4/h8,11,13,20-21H,6-7,9-10,12,14-19H2,1-5H3,(H,28,29);(H3,1,2,3,4). The number of nitrogens with zero attached hydrogens (tertiary/aromatic N) is 2. The molecule has 0 saturated carbocycles. The van der Waals surface area contributed by atoms with E-state index in [4.69, 9.17) is 29.0 Å². The second-order valence-electron chi connectivity index (χ2n) is 10.5. The predicted octanol–water partition coefficient (Wildman–Crippen LogP) is 5.39. The van der Waals surface area contributed by atoms with Gasteiger partial charge in [-0.15, -0.1) is 0 Å². The lowest BCUT2D eigenvalue weighted by atomic mass is 9.92. The quantitative estimate of drug-likeness (QED) is 0.216. The molecule has 1 aliphatic carbocycles. The van der Waals surface area contributed by atoms with Crippen LogP contribution in [0.15, 0.2) is 18.2 Å². The monoisotopic (exact) mass is 523 g/mol. The van der Waals surface area contributed by atoms with Gasteiger partial charge < -0.3 is 29.6 Å². The van der Waals surface area contributed by atoms with Crippen LogP contribution in [-0.2, 0) is 17.4 Å². The van der Waals surface area contributed by atoms with Gasteiger partial charge in [-0.3, -0.25) is 0 Å². The summed E-state index contributed by atoms with van der Waals surface area (Å²) in [5.74, 6) is 2.41. The first-order chi connectivity index (χ1) is 17.0. The van der Waals surface area contributed by atoms with E-state index in [0.29, 0.717) is 0 Å². The zero-order chi connectivity index (χ0) is 26.7. The molecule has 1 aliphatic rings. The lowest BCUT2D eigenvalue weighted by Crippen LogP contribution is -2.30. The van der Waals surface area contributed by atoms with Crippen molar-refractivity contribution in [1.29, 1.82) is 0 Å². The molecule has 204 valence electrons. The molecule has 1 heterocycles. The van der Waals surface area contributed by atoms with Gasteiger partial charge in [-0.2, -0.15) is 0 Å². The van der Waals surface area contributed by atoms with Crippen molar-refractivity contribution in [2.24, 2.45) is 11.8 Å². The second kappa shape index (κ2) is 14.9. The summed E-state index contributed by atoms with van der Waals surface area (Å²) in [5, 5.41) is 5.04. The number of ether oxygens (including phenoxy) is 1. The van der Waals surface area contributed by atoms with Crippen LogP contribution in [-0.4, -0.2) is 57.9 Å². The van der Waals surface area contributed by atoms with E-state index in [9.17, 15) is 0 Å². The highest BCUT2D eigenvalue weighted by atomic mass is 31.2. The van der Waals surface area contributed by atoms with Crippen LogP contribution in [0, 0.1) is 11.8 Å². The van der Waals surface area contributed by atoms with Crippen molar-refractivity contribution in [3.63, 3.8) is 0 Å². The minimum atomic E-state index is -4.64. The van der Waals surface area contributed by atoms with Gasteiger partial charge in [-0.05, 0) is 88.0 Å². The third-order valence-corrected chi connectivity index (χ3v) is 6.47. The Hall–Kier alpha value is -1.70. The van der Waals surface area contributed by atoms with E-state index in [1.54, 1.807) is 7.11 Å². The number of nitrogens with one attached hydrogen (secondary N) is 1. The van der Waals surface area contributed by atoms with E-state index in [1.165, 1.54) is 74.1 Å². The predicted molar refractivity (Wildman–Crippen MR) is 148 cm³/mol. The molecule has 0 unspecified atom stereocenters. The summed E-state index contributed by atoms with van der Waals surface area (Å²) >= 11 is 0. The molecule has 4 N–H and O–H groups in total. The number of aryl methyl sites for hydroxylation is 1. The van der Waals surface area contributed by atoms with Crippen LogP contribution in [0.5, 0.6) is 5.75 Å². The Morgan fingerprint density at radius 1 is 1.03 bits per heavy atom. The fourth-order valence-electron chi connectivity index (χ4n) is 4.52. The maximum absolute atomic E-state index is 8.88. The highest BCUT2D eigenvalue weighted by Gasteiger charge is 2.19. The van der Waals surface area contributed by atoms with Gasteiger partial charge in [0.15, 0.2) is 0 Å². The minimum absolute atomic E-state index is 0.768. The van der Waals surface area contributed by atoms with E-state index in [1.807, 2.05) is 6.07 Å². The zero-order valence-corrected chi connectivity index (χ0v) is 23.6. The van der Waals surface area contributed by atoms with Crippen LogP contribution >= 0.6 is 7.82 Å². The molecular formula is C27H46N3O5P. The van der Waals surface area contributed by atoms with Crippen LogP contribution in [0.3, 0.4) is 0 Å². The van der Waals surface area contributed by atoms with Crippen molar-refractivity contribution in [3.8, 4) is 5.75 Å². The topological polar surface area (TPSA) is 115 Å². The normalized spacial score (nSPS) is 13.6. The van der Waals surface area contributed by atoms with Gasteiger partial charge in [0.05, 0.1) is 7.11 Å². The van der Waals surface area contributed by atoms with Crippen molar-refractivity contribution < 1.29 is 24.0 Å². The molecule has 0 radical (unpaired) electrons. The third-order valence-electron chi connectivity index (χ3n) is 6.47. The number of benzene rings is 1. The summed E-state index contributed by atoms with van der Waals surface area (Å²) in [6, 6.07) is 6.30. The Morgan fingerprint density at radius 3 is 2.22 bits per heavy atom. The van der Waals surface area contributed by atoms with E-state index in [0.717, 1.165) is 42.5 Å². The highest BCUT2D eigenvalue weighted by Crippen LogP contribution is 2.36. The van der Waals surface area contributed by atoms with E-state index in [-0.39, 0.29) is 0 Å². The Morgan fingerprint density at radius 2 is 1.64 bits per heavy atom. The van der Waals surface area contributed by atoms with Gasteiger partial charge >= 0.3 is 7.82 Å². The molecule has 9 heteroatoms. The van der Waals surface area contributed by atoms with Crippen LogP contribution in [0.25, 0.3) is 10.9 Å². The lowest BCUT2D eigenvalue weighted by Gasteiger charge is -2.25. The summed E-state index contributed by atoms with van der Waals surface area (Å²) in [6.45, 7) is 13.9. The van der Waals surface area contributed by atoms with Gasteiger partial charge in [-0.25, -0.2) is 9.55 Å². The van der Waals surface area contributed by atoms with E-state index < -0.39 is 7.82 Å². The Labute approximate surface area is 216 Å². The average Bonchev–Trinajstić information content (AvgIpc) is 2.80. The van der Waals surface area contributed by atoms with Gasteiger partial charge in [-0.1, -0.05) is 39.8 Å². The number of methoxy groups -OCH3 is 1. The fourth-order valence-corrected chi connectivity index (χ4v) is 4.52. The number of pyridine rings is 1. The molecule has 8 nitrogen and oxygen atoms in total. The summed E-state index contributed by atoms with van der Waals surface area (Å²) in [6.07, 6.45) is 8.45. The fraction of sp³-hybridized carbons (Fsp3) is 0.667. The first-order valence-electron chi connectivity index (χ1n) is 13.2. The molecule has 0 aliphatic heterocycles. The van der Waals surface area contributed by atoms with E-state index in [2.05, 4.69) is 50.0 Å². The Kier molecular flexibility index (Phi) is 12.6. The number of hydrogen-bond donors (Lipinski definition) is 4. The first kappa shape index (κ1) is 30.5. The van der Waals surface area contributed by atoms with Crippen LogP contribution < -0.4 is 10.1 Å². The van der Waals surface area contributed by atoms with Crippen LogP contribution in [0.1, 0.15) is 71.1 Å². The number of phosphoric acid groups is 1. The van der Waals surface area contributed by atoms with Crippen molar-refractivity contribution in [2.45, 2.75) is 72.6 Å². The second-order valence-corrected chi connectivity index (χ2v) is 11.5. The number of anilines is 1. The summed E-state index contributed by atoms with van der Waals surface area (Å²) < 4.78 is 14.5. The van der Waals surface area contributed by atoms with Crippen LogP contribution in [0.2, 0.25) is 0 Å². The smallest absolute Gasteiger partial charge is 0.466 e. The van der Waals surface area contributed by atoms with Gasteiger partial charge in [0, 0.05) is 23.3 Å². The van der Waals surface area contributed by atoms with Gasteiger partial charge in [0.1, 0.15) is 11.3 Å². The highest BCUT2D eigenvalue weighted by molar-refractivity contribution is 7.45. The van der Waals surface area contributed by atoms with Crippen molar-refractivity contribution in [1.82, 2.24) is 9.88 Å². The minimum Gasteiger partial charge on any atom is -0.494 e. The molecule has 36 heavy (non-hydrogen) atoms. The summed E-state index contributed by atoms with van der Waals surface area (Å²) in [5.41, 5.74) is 5.00. The average molecular weight is 524 g/mol.